The molecule has 1 heterocycles. The number of hydrogen-bond acceptors (Lipinski definition) is 10. The van der Waals surface area contributed by atoms with Crippen molar-refractivity contribution in [3.8, 4) is 40.3 Å². The Morgan fingerprint density at radius 3 is 2.12 bits per heavy atom. The van der Waals surface area contributed by atoms with E-state index >= 15 is 0 Å². The topological polar surface area (TPSA) is 111 Å². The molecule has 0 atom stereocenters. The van der Waals surface area contributed by atoms with Crippen LogP contribution in [0.3, 0.4) is 0 Å². The quantitative estimate of drug-likeness (QED) is 0.259. The van der Waals surface area contributed by atoms with Crippen LogP contribution in [-0.4, -0.2) is 44.7 Å². The number of rotatable bonds is 10. The van der Waals surface area contributed by atoms with Crippen molar-refractivity contribution < 1.29 is 18.9 Å². The molecule has 10 heteroatoms. The summed E-state index contributed by atoms with van der Waals surface area (Å²) in [5, 5.41) is 10.4. The maximum Gasteiger partial charge on any atom is 0.203 e. The number of hydrazine groups is 1. The van der Waals surface area contributed by atoms with Crippen LogP contribution in [0.5, 0.6) is 23.0 Å². The number of methoxy groups -OCH3 is 4. The molecule has 0 spiro atoms. The fourth-order valence-corrected chi connectivity index (χ4v) is 3.52. The molecule has 0 bridgehead atoms. The zero-order valence-electron chi connectivity index (χ0n) is 19.1. The van der Waals surface area contributed by atoms with Crippen molar-refractivity contribution in [1.29, 1.82) is 5.26 Å². The number of ether oxygens (including phenoxy) is 4. The van der Waals surface area contributed by atoms with Gasteiger partial charge in [-0.15, -0.1) is 0 Å². The lowest BCUT2D eigenvalue weighted by Crippen LogP contribution is -2.23. The van der Waals surface area contributed by atoms with Crippen LogP contribution in [0.15, 0.2) is 41.6 Å². The third kappa shape index (κ3) is 5.39. The van der Waals surface area contributed by atoms with Gasteiger partial charge in [-0.05, 0) is 48.2 Å². The molecule has 33 heavy (non-hydrogen) atoms. The van der Waals surface area contributed by atoms with Crippen LogP contribution in [0.1, 0.15) is 11.1 Å². The van der Waals surface area contributed by atoms with Gasteiger partial charge in [0.15, 0.2) is 22.5 Å². The summed E-state index contributed by atoms with van der Waals surface area (Å²) in [7, 11) is 6.30. The highest BCUT2D eigenvalue weighted by molar-refractivity contribution is 7.98. The number of aromatic nitrogens is 2. The number of thioether (sulfide) groups is 1. The van der Waals surface area contributed by atoms with E-state index in [2.05, 4.69) is 26.9 Å². The summed E-state index contributed by atoms with van der Waals surface area (Å²) in [4.78, 5) is 9.02. The Labute approximate surface area is 197 Å². The first kappa shape index (κ1) is 24.0. The Bertz CT molecular complexity index is 1120. The summed E-state index contributed by atoms with van der Waals surface area (Å²) in [6, 6.07) is 13.3. The summed E-state index contributed by atoms with van der Waals surface area (Å²) >= 11 is 1.39. The zero-order valence-corrected chi connectivity index (χ0v) is 19.9. The van der Waals surface area contributed by atoms with Crippen LogP contribution in [-0.2, 0) is 6.54 Å². The highest BCUT2D eigenvalue weighted by atomic mass is 32.2. The number of benzene rings is 2. The van der Waals surface area contributed by atoms with Gasteiger partial charge in [-0.1, -0.05) is 11.8 Å². The van der Waals surface area contributed by atoms with Gasteiger partial charge in [0.1, 0.15) is 17.4 Å². The number of nitrogens with zero attached hydrogens (tertiary/aromatic N) is 3. The summed E-state index contributed by atoms with van der Waals surface area (Å²) < 4.78 is 21.4. The first-order valence-corrected chi connectivity index (χ1v) is 11.1. The molecule has 0 aliphatic carbocycles. The number of anilines is 1. The number of nitrogens with one attached hydrogen (secondary N) is 2. The molecule has 2 aromatic carbocycles. The van der Waals surface area contributed by atoms with Gasteiger partial charge in [0, 0.05) is 12.1 Å². The Morgan fingerprint density at radius 1 is 0.939 bits per heavy atom. The van der Waals surface area contributed by atoms with Crippen LogP contribution in [0.2, 0.25) is 0 Å². The van der Waals surface area contributed by atoms with E-state index in [9.17, 15) is 5.26 Å². The molecule has 0 saturated heterocycles. The van der Waals surface area contributed by atoms with Crippen LogP contribution >= 0.6 is 11.8 Å². The third-order valence-corrected chi connectivity index (χ3v) is 5.32. The molecule has 2 N–H and O–H groups in total. The van der Waals surface area contributed by atoms with Crippen molar-refractivity contribution in [3.05, 3.63) is 47.5 Å². The Balaban J connectivity index is 1.87. The van der Waals surface area contributed by atoms with Gasteiger partial charge in [-0.2, -0.15) is 5.26 Å². The van der Waals surface area contributed by atoms with E-state index in [4.69, 9.17) is 18.9 Å². The molecule has 0 saturated carbocycles. The maximum absolute atomic E-state index is 9.86. The Morgan fingerprint density at radius 2 is 1.61 bits per heavy atom. The molecule has 1 aromatic heterocycles. The molecule has 3 aromatic rings. The lowest BCUT2D eigenvalue weighted by atomic mass is 10.1. The molecule has 3 rings (SSSR count). The molecule has 0 aliphatic heterocycles. The Kier molecular flexibility index (Phi) is 8.18. The van der Waals surface area contributed by atoms with E-state index in [0.717, 1.165) is 16.9 Å². The smallest absolute Gasteiger partial charge is 0.203 e. The van der Waals surface area contributed by atoms with Crippen molar-refractivity contribution in [2.75, 3.05) is 40.1 Å². The molecule has 9 nitrogen and oxygen atoms in total. The SMILES string of the molecule is COc1ccc(-c2nc(SC)nc(NNCc3cc(OC)c(OC)c(OC)c3)c2C#N)cc1. The monoisotopic (exact) mass is 467 g/mol. The maximum atomic E-state index is 9.86. The minimum Gasteiger partial charge on any atom is -0.497 e. The van der Waals surface area contributed by atoms with E-state index in [0.29, 0.717) is 46.0 Å². The zero-order chi connectivity index (χ0) is 23.8. The van der Waals surface area contributed by atoms with E-state index in [-0.39, 0.29) is 0 Å². The van der Waals surface area contributed by atoms with Gasteiger partial charge in [-0.25, -0.2) is 15.4 Å². The van der Waals surface area contributed by atoms with Gasteiger partial charge in [0.25, 0.3) is 0 Å². The van der Waals surface area contributed by atoms with Gasteiger partial charge in [0.05, 0.1) is 34.1 Å². The molecule has 0 amide bonds. The largest absolute Gasteiger partial charge is 0.497 e. The van der Waals surface area contributed by atoms with Crippen LogP contribution in [0.25, 0.3) is 11.3 Å². The van der Waals surface area contributed by atoms with Gasteiger partial charge < -0.3 is 24.4 Å². The molecule has 0 unspecified atom stereocenters. The summed E-state index contributed by atoms with van der Waals surface area (Å²) in [5.41, 5.74) is 8.69. The lowest BCUT2D eigenvalue weighted by Gasteiger charge is -2.16. The molecule has 172 valence electrons. The van der Waals surface area contributed by atoms with Crippen molar-refractivity contribution in [2.24, 2.45) is 0 Å². The fraction of sp³-hybridized carbons (Fsp3) is 0.261. The first-order chi connectivity index (χ1) is 16.1. The fourth-order valence-electron chi connectivity index (χ4n) is 3.15. The van der Waals surface area contributed by atoms with Gasteiger partial charge in [0.2, 0.25) is 5.75 Å². The second-order valence-corrected chi connectivity index (χ2v) is 7.41. The Hall–Kier alpha value is -3.68. The van der Waals surface area contributed by atoms with E-state index in [1.807, 2.05) is 42.7 Å². The summed E-state index contributed by atoms with van der Waals surface area (Å²) in [6.45, 7) is 0.401. The highest BCUT2D eigenvalue weighted by Crippen LogP contribution is 2.38. The average molecular weight is 468 g/mol. The second kappa shape index (κ2) is 11.3. The van der Waals surface area contributed by atoms with Crippen molar-refractivity contribution in [3.63, 3.8) is 0 Å². The molecular formula is C23H25N5O4S. The predicted molar refractivity (Wildman–Crippen MR) is 127 cm³/mol. The van der Waals surface area contributed by atoms with Crippen molar-refractivity contribution in [1.82, 2.24) is 15.4 Å². The molecule has 0 aliphatic rings. The van der Waals surface area contributed by atoms with E-state index in [1.165, 1.54) is 11.8 Å². The summed E-state index contributed by atoms with van der Waals surface area (Å²) in [6.07, 6.45) is 1.88. The third-order valence-electron chi connectivity index (χ3n) is 4.77. The molecule has 0 fully saturated rings. The highest BCUT2D eigenvalue weighted by Gasteiger charge is 2.17. The van der Waals surface area contributed by atoms with Crippen molar-refractivity contribution >= 4 is 17.6 Å². The van der Waals surface area contributed by atoms with Gasteiger partial charge >= 0.3 is 0 Å². The number of hydrogen-bond donors (Lipinski definition) is 2. The standard InChI is InChI=1S/C23H25N5O4S/c1-29-16-8-6-15(7-9-16)20-17(12-24)22(27-23(26-20)33-5)28-25-13-14-10-18(30-2)21(32-4)19(11-14)31-3/h6-11,25H,13H2,1-5H3,(H,26,27,28). The minimum atomic E-state index is 0.329. The molecule has 0 radical (unpaired) electrons. The van der Waals surface area contributed by atoms with E-state index < -0.39 is 0 Å². The van der Waals surface area contributed by atoms with Crippen LogP contribution in [0.4, 0.5) is 5.82 Å². The first-order valence-electron chi connectivity index (χ1n) is 9.86. The predicted octanol–water partition coefficient (Wildman–Crippen LogP) is 3.89. The average Bonchev–Trinajstić information content (AvgIpc) is 2.87. The lowest BCUT2D eigenvalue weighted by molar-refractivity contribution is 0.323. The minimum absolute atomic E-state index is 0.329. The van der Waals surface area contributed by atoms with E-state index in [1.54, 1.807) is 28.4 Å². The number of nitriles is 1. The second-order valence-electron chi connectivity index (χ2n) is 6.63. The summed E-state index contributed by atoms with van der Waals surface area (Å²) in [5.74, 6) is 2.74. The van der Waals surface area contributed by atoms with Crippen LogP contribution < -0.4 is 29.8 Å². The van der Waals surface area contributed by atoms with Crippen molar-refractivity contribution in [2.45, 2.75) is 11.7 Å². The molecular weight excluding hydrogens is 442 g/mol. The van der Waals surface area contributed by atoms with Gasteiger partial charge in [-0.3, -0.25) is 0 Å². The van der Waals surface area contributed by atoms with Crippen LogP contribution in [0, 0.1) is 11.3 Å². The normalized spacial score (nSPS) is 10.3.